The maximum absolute atomic E-state index is 6.90. The van der Waals surface area contributed by atoms with Crippen LogP contribution in [0.1, 0.15) is 30.0 Å². The van der Waals surface area contributed by atoms with E-state index in [0.717, 1.165) is 88.7 Å². The smallest absolute Gasteiger partial charge is 0.160 e. The van der Waals surface area contributed by atoms with Crippen molar-refractivity contribution >= 4 is 93.7 Å². The molecule has 0 saturated carbocycles. The lowest BCUT2D eigenvalue weighted by Crippen LogP contribution is -2.17. The van der Waals surface area contributed by atoms with Gasteiger partial charge in [0.05, 0.1) is 33.7 Å². The van der Waals surface area contributed by atoms with Gasteiger partial charge >= 0.3 is 0 Å². The van der Waals surface area contributed by atoms with Crippen molar-refractivity contribution in [2.24, 2.45) is 15.9 Å². The second-order valence-electron chi connectivity index (χ2n) is 15.3. The molecule has 3 aromatic heterocycles. The summed E-state index contributed by atoms with van der Waals surface area (Å²) in [6.07, 6.45) is 3.00. The minimum Gasteiger partial charge on any atom is -0.456 e. The molecule has 4 heterocycles. The number of amidine groups is 1. The molecular formula is C53H35N3O2. The highest BCUT2D eigenvalue weighted by Gasteiger charge is 2.26. The Morgan fingerprint density at radius 1 is 0.500 bits per heavy atom. The molecule has 0 aliphatic carbocycles. The molecule has 0 radical (unpaired) electrons. The molecule has 5 nitrogen and oxygen atoms in total. The molecule has 1 atom stereocenters. The normalized spacial score (nSPS) is 17.7. The van der Waals surface area contributed by atoms with Crippen LogP contribution in [0.4, 0.5) is 0 Å². The molecule has 0 spiro atoms. The quantitative estimate of drug-likeness (QED) is 0.180. The molecule has 274 valence electrons. The Morgan fingerprint density at radius 2 is 1.16 bits per heavy atom. The number of benzene rings is 8. The Hall–Kier alpha value is -7.50. The molecule has 0 fully saturated rings. The lowest BCUT2D eigenvalue weighted by atomic mass is 9.92. The van der Waals surface area contributed by atoms with Crippen LogP contribution >= 0.6 is 0 Å². The number of rotatable bonds is 4. The number of nitrogens with zero attached hydrogens (tertiary/aromatic N) is 3. The van der Waals surface area contributed by atoms with Crippen molar-refractivity contribution in [3.05, 3.63) is 193 Å². The lowest BCUT2D eigenvalue weighted by Gasteiger charge is -2.20. The Morgan fingerprint density at radius 3 is 1.98 bits per heavy atom. The monoisotopic (exact) mass is 745 g/mol. The van der Waals surface area contributed by atoms with Crippen molar-refractivity contribution in [2.45, 2.75) is 13.3 Å². The summed E-state index contributed by atoms with van der Waals surface area (Å²) in [5.41, 5.74) is 11.3. The molecular weight excluding hydrogens is 711 g/mol. The molecule has 5 heteroatoms. The van der Waals surface area contributed by atoms with Gasteiger partial charge in [0.15, 0.2) is 5.84 Å². The van der Waals surface area contributed by atoms with Gasteiger partial charge in [0, 0.05) is 49.4 Å². The molecule has 12 rings (SSSR count). The summed E-state index contributed by atoms with van der Waals surface area (Å²) in [4.78, 5) is 11.1. The summed E-state index contributed by atoms with van der Waals surface area (Å²) >= 11 is 0. The topological polar surface area (TPSA) is 55.9 Å². The van der Waals surface area contributed by atoms with Crippen LogP contribution < -0.4 is 0 Å². The third kappa shape index (κ3) is 5.03. The van der Waals surface area contributed by atoms with E-state index in [0.29, 0.717) is 12.3 Å². The van der Waals surface area contributed by atoms with Gasteiger partial charge in [0.25, 0.3) is 0 Å². The summed E-state index contributed by atoms with van der Waals surface area (Å²) in [5, 5.41) is 9.15. The predicted molar refractivity (Wildman–Crippen MR) is 241 cm³/mol. The Bertz CT molecular complexity index is 3560. The lowest BCUT2D eigenvalue weighted by molar-refractivity contribution is 0.667. The highest BCUT2D eigenvalue weighted by molar-refractivity contribution is 6.19. The van der Waals surface area contributed by atoms with Gasteiger partial charge < -0.3 is 13.4 Å². The van der Waals surface area contributed by atoms with Gasteiger partial charge in [-0.2, -0.15) is 0 Å². The molecule has 1 aliphatic rings. The van der Waals surface area contributed by atoms with E-state index in [4.69, 9.17) is 18.8 Å². The molecule has 58 heavy (non-hydrogen) atoms. The zero-order valence-electron chi connectivity index (χ0n) is 31.7. The van der Waals surface area contributed by atoms with E-state index in [-0.39, 0.29) is 5.92 Å². The molecule has 8 aromatic carbocycles. The number of aliphatic imine (C=N–C) groups is 2. The SMILES string of the molecule is CC1C/C=C(c2c(-n3c4ccccc4c4cc5ccccc5cc43)ccc3c2oc2ccccc23)/N=C(c2ccccc2)\N=C/1c1ccc2c(c1)oc1ccccc12. The highest BCUT2D eigenvalue weighted by atomic mass is 16.3. The van der Waals surface area contributed by atoms with Crippen molar-refractivity contribution in [2.75, 3.05) is 0 Å². The molecule has 1 unspecified atom stereocenters. The fraction of sp³-hybridized carbons (Fsp3) is 0.0566. The molecule has 0 amide bonds. The molecule has 0 N–H and O–H groups in total. The largest absolute Gasteiger partial charge is 0.456 e. The van der Waals surface area contributed by atoms with E-state index in [9.17, 15) is 0 Å². The van der Waals surface area contributed by atoms with Crippen LogP contribution in [-0.4, -0.2) is 16.1 Å². The van der Waals surface area contributed by atoms with Gasteiger partial charge in [-0.1, -0.05) is 128 Å². The fourth-order valence-corrected chi connectivity index (χ4v) is 9.04. The minimum absolute atomic E-state index is 0.0592. The average molecular weight is 746 g/mol. The number of fused-ring (bicyclic) bond motifs is 10. The zero-order valence-corrected chi connectivity index (χ0v) is 31.7. The average Bonchev–Trinajstić information content (AvgIpc) is 3.94. The number of hydrogen-bond acceptors (Lipinski definition) is 4. The second-order valence-corrected chi connectivity index (χ2v) is 15.3. The maximum Gasteiger partial charge on any atom is 0.160 e. The Labute approximate surface area is 333 Å². The van der Waals surface area contributed by atoms with E-state index in [2.05, 4.69) is 145 Å². The number of allylic oxidation sites excluding steroid dienone is 1. The first kappa shape index (κ1) is 32.7. The standard InChI is InChI=1S/C53H35N3O2/c1-32-23-27-43(54-53(33-13-3-2-4-14-33)55-51(32)36-24-25-40-38-18-8-11-21-47(38)57-49(40)31-36)50-45(28-26-41-39-19-9-12-22-48(39)58-52(41)50)56-44-20-10-7-17-37(44)42-29-34-15-5-6-16-35(34)30-46(42)56/h2-22,24-32H,23H2,1H3/b43-27+,54-53-,55-51+. The maximum atomic E-state index is 6.90. The van der Waals surface area contributed by atoms with Crippen LogP contribution in [0.3, 0.4) is 0 Å². The Kier molecular flexibility index (Phi) is 7.20. The number of para-hydroxylation sites is 3. The van der Waals surface area contributed by atoms with Crippen LogP contribution in [0.2, 0.25) is 0 Å². The zero-order chi connectivity index (χ0) is 38.3. The number of aromatic nitrogens is 1. The van der Waals surface area contributed by atoms with Crippen LogP contribution in [0.15, 0.2) is 195 Å². The van der Waals surface area contributed by atoms with E-state index in [1.54, 1.807) is 0 Å². The van der Waals surface area contributed by atoms with Gasteiger partial charge in [0.1, 0.15) is 22.3 Å². The van der Waals surface area contributed by atoms with Crippen molar-refractivity contribution in [1.29, 1.82) is 0 Å². The molecule has 0 bridgehead atoms. The number of furan rings is 2. The number of hydrogen-bond donors (Lipinski definition) is 0. The predicted octanol–water partition coefficient (Wildman–Crippen LogP) is 14.1. The third-order valence-corrected chi connectivity index (χ3v) is 11.9. The van der Waals surface area contributed by atoms with Gasteiger partial charge in [0.2, 0.25) is 0 Å². The third-order valence-electron chi connectivity index (χ3n) is 11.9. The van der Waals surface area contributed by atoms with E-state index < -0.39 is 0 Å². The summed E-state index contributed by atoms with van der Waals surface area (Å²) in [6, 6.07) is 59.7. The van der Waals surface area contributed by atoms with Crippen molar-refractivity contribution in [3.8, 4) is 5.69 Å². The Balaban J connectivity index is 1.14. The van der Waals surface area contributed by atoms with Gasteiger partial charge in [-0.05, 0) is 71.8 Å². The summed E-state index contributed by atoms with van der Waals surface area (Å²) in [6.45, 7) is 2.25. The van der Waals surface area contributed by atoms with Gasteiger partial charge in [-0.3, -0.25) is 0 Å². The van der Waals surface area contributed by atoms with E-state index >= 15 is 0 Å². The first-order chi connectivity index (χ1) is 28.7. The summed E-state index contributed by atoms with van der Waals surface area (Å²) < 4.78 is 15.6. The van der Waals surface area contributed by atoms with Crippen molar-refractivity contribution in [3.63, 3.8) is 0 Å². The molecule has 11 aromatic rings. The first-order valence-electron chi connectivity index (χ1n) is 19.9. The molecule has 0 saturated heterocycles. The van der Waals surface area contributed by atoms with Crippen LogP contribution in [0.5, 0.6) is 0 Å². The highest BCUT2D eigenvalue weighted by Crippen LogP contribution is 2.43. The van der Waals surface area contributed by atoms with E-state index in [1.165, 1.54) is 21.5 Å². The van der Waals surface area contributed by atoms with Crippen molar-refractivity contribution in [1.82, 2.24) is 4.57 Å². The summed E-state index contributed by atoms with van der Waals surface area (Å²) in [5.74, 6) is 0.703. The van der Waals surface area contributed by atoms with Crippen LogP contribution in [-0.2, 0) is 0 Å². The summed E-state index contributed by atoms with van der Waals surface area (Å²) in [7, 11) is 0. The van der Waals surface area contributed by atoms with Crippen LogP contribution in [0, 0.1) is 5.92 Å². The second kappa shape index (κ2) is 12.8. The van der Waals surface area contributed by atoms with Gasteiger partial charge in [-0.25, -0.2) is 9.98 Å². The van der Waals surface area contributed by atoms with Crippen molar-refractivity contribution < 1.29 is 8.83 Å². The first-order valence-corrected chi connectivity index (χ1v) is 19.9. The van der Waals surface area contributed by atoms with E-state index in [1.807, 2.05) is 42.5 Å². The van der Waals surface area contributed by atoms with Crippen LogP contribution in [0.25, 0.3) is 87.8 Å². The minimum atomic E-state index is 0.0592. The van der Waals surface area contributed by atoms with Gasteiger partial charge in [-0.15, -0.1) is 0 Å². The molecule has 1 aliphatic heterocycles. The fourth-order valence-electron chi connectivity index (χ4n) is 9.04.